The molecule has 1 atom stereocenters. The second-order valence-electron chi connectivity index (χ2n) is 4.95. The van der Waals surface area contributed by atoms with Crippen molar-refractivity contribution in [2.45, 2.75) is 52.1 Å². The number of hydrogen-bond donors (Lipinski definition) is 1. The van der Waals surface area contributed by atoms with Crippen LogP contribution < -0.4 is 5.32 Å². The summed E-state index contributed by atoms with van der Waals surface area (Å²) in [5.74, 6) is -0.194. The van der Waals surface area contributed by atoms with E-state index in [0.717, 1.165) is 25.9 Å². The number of esters is 1. The van der Waals surface area contributed by atoms with E-state index in [1.165, 1.54) is 7.11 Å². The minimum absolute atomic E-state index is 0.194. The number of nitrogens with zero attached hydrogens (tertiary/aromatic N) is 1. The Morgan fingerprint density at radius 2 is 2.00 bits per heavy atom. The number of rotatable bonds is 8. The van der Waals surface area contributed by atoms with E-state index in [9.17, 15) is 4.79 Å². The summed E-state index contributed by atoms with van der Waals surface area (Å²) in [4.78, 5) is 14.1. The maximum absolute atomic E-state index is 11.7. The Bertz CT molecular complexity index is 231. The second-order valence-corrected chi connectivity index (χ2v) is 4.95. The van der Waals surface area contributed by atoms with Crippen molar-refractivity contribution in [2.24, 2.45) is 0 Å². The summed E-state index contributed by atoms with van der Waals surface area (Å²) >= 11 is 0. The van der Waals surface area contributed by atoms with Crippen molar-refractivity contribution in [1.82, 2.24) is 10.2 Å². The lowest BCUT2D eigenvalue weighted by molar-refractivity contribution is -0.148. The summed E-state index contributed by atoms with van der Waals surface area (Å²) in [5.41, 5.74) is -0.588. The van der Waals surface area contributed by atoms with Crippen LogP contribution in [0, 0.1) is 0 Å². The van der Waals surface area contributed by atoms with Gasteiger partial charge in [-0.25, -0.2) is 0 Å². The van der Waals surface area contributed by atoms with Crippen LogP contribution in [0.1, 0.15) is 40.5 Å². The van der Waals surface area contributed by atoms with Crippen LogP contribution in [0.2, 0.25) is 0 Å². The first-order valence-corrected chi connectivity index (χ1v) is 6.42. The van der Waals surface area contributed by atoms with Gasteiger partial charge >= 0.3 is 5.97 Å². The zero-order chi connectivity index (χ0) is 13.5. The Hall–Kier alpha value is -0.610. The molecule has 0 aromatic carbocycles. The number of carbonyl (C=O) groups excluding carboxylic acids is 1. The zero-order valence-corrected chi connectivity index (χ0v) is 12.2. The van der Waals surface area contributed by atoms with Crippen molar-refractivity contribution in [3.63, 3.8) is 0 Å². The van der Waals surface area contributed by atoms with Crippen molar-refractivity contribution >= 4 is 5.97 Å². The fraction of sp³-hybridized carbons (Fsp3) is 0.923. The van der Waals surface area contributed by atoms with Gasteiger partial charge in [0, 0.05) is 12.6 Å². The third kappa shape index (κ3) is 5.04. The highest BCUT2D eigenvalue weighted by atomic mass is 16.5. The molecular formula is C13H28N2O2. The minimum atomic E-state index is -0.588. The average molecular weight is 244 g/mol. The van der Waals surface area contributed by atoms with Crippen LogP contribution in [0.3, 0.4) is 0 Å². The van der Waals surface area contributed by atoms with E-state index >= 15 is 0 Å². The highest BCUT2D eigenvalue weighted by Crippen LogP contribution is 2.13. The van der Waals surface area contributed by atoms with Gasteiger partial charge in [-0.2, -0.15) is 0 Å². The molecule has 4 heteroatoms. The van der Waals surface area contributed by atoms with Crippen molar-refractivity contribution in [3.8, 4) is 0 Å². The Labute approximate surface area is 106 Å². The molecule has 0 aliphatic carbocycles. The standard InChI is InChI=1S/C13H28N2O2/c1-7-9-15(11(2)3)10-8-13(4,14-5)12(16)17-6/h11,14H,7-10H2,1-6H3. The molecular weight excluding hydrogens is 216 g/mol. The molecule has 1 N–H and O–H groups in total. The summed E-state index contributed by atoms with van der Waals surface area (Å²) in [6.07, 6.45) is 1.89. The fourth-order valence-corrected chi connectivity index (χ4v) is 1.84. The summed E-state index contributed by atoms with van der Waals surface area (Å²) in [5, 5.41) is 3.06. The lowest BCUT2D eigenvalue weighted by atomic mass is 9.97. The molecule has 0 saturated carbocycles. The molecule has 0 aromatic heterocycles. The number of ether oxygens (including phenoxy) is 1. The summed E-state index contributed by atoms with van der Waals surface area (Å²) in [7, 11) is 3.24. The van der Waals surface area contributed by atoms with Crippen molar-refractivity contribution in [1.29, 1.82) is 0 Å². The van der Waals surface area contributed by atoms with Gasteiger partial charge in [0.2, 0.25) is 0 Å². The molecule has 102 valence electrons. The van der Waals surface area contributed by atoms with E-state index in [1.807, 2.05) is 6.92 Å². The monoisotopic (exact) mass is 244 g/mol. The van der Waals surface area contributed by atoms with Gasteiger partial charge in [0.1, 0.15) is 5.54 Å². The molecule has 1 unspecified atom stereocenters. The van der Waals surface area contributed by atoms with Gasteiger partial charge in [-0.1, -0.05) is 6.92 Å². The van der Waals surface area contributed by atoms with Crippen molar-refractivity contribution in [2.75, 3.05) is 27.2 Å². The molecule has 0 fully saturated rings. The summed E-state index contributed by atoms with van der Waals surface area (Å²) in [6.45, 7) is 10.4. The molecule has 0 heterocycles. The maximum atomic E-state index is 11.7. The average Bonchev–Trinajstić information content (AvgIpc) is 2.32. The fourth-order valence-electron chi connectivity index (χ4n) is 1.84. The molecule has 0 spiro atoms. The molecule has 0 aromatic rings. The van der Waals surface area contributed by atoms with Crippen LogP contribution in [0.15, 0.2) is 0 Å². The smallest absolute Gasteiger partial charge is 0.325 e. The second kappa shape index (κ2) is 7.67. The van der Waals surface area contributed by atoms with Gasteiger partial charge in [-0.3, -0.25) is 4.79 Å². The number of likely N-dealkylation sites (N-methyl/N-ethyl adjacent to an activating group) is 1. The van der Waals surface area contributed by atoms with E-state index in [1.54, 1.807) is 7.05 Å². The largest absolute Gasteiger partial charge is 0.468 e. The van der Waals surface area contributed by atoms with Gasteiger partial charge in [0.25, 0.3) is 0 Å². The molecule has 0 aliphatic heterocycles. The van der Waals surface area contributed by atoms with Gasteiger partial charge < -0.3 is 15.0 Å². The first kappa shape index (κ1) is 16.4. The Morgan fingerprint density at radius 3 is 2.35 bits per heavy atom. The van der Waals surface area contributed by atoms with Crippen LogP contribution in [-0.4, -0.2) is 49.7 Å². The van der Waals surface area contributed by atoms with Crippen LogP contribution in [-0.2, 0) is 9.53 Å². The Balaban J connectivity index is 4.43. The summed E-state index contributed by atoms with van der Waals surface area (Å²) in [6, 6.07) is 0.508. The summed E-state index contributed by atoms with van der Waals surface area (Å²) < 4.78 is 4.84. The zero-order valence-electron chi connectivity index (χ0n) is 12.2. The van der Waals surface area contributed by atoms with Crippen molar-refractivity contribution < 1.29 is 9.53 Å². The van der Waals surface area contributed by atoms with Gasteiger partial charge in [-0.15, -0.1) is 0 Å². The van der Waals surface area contributed by atoms with E-state index in [2.05, 4.69) is 31.0 Å². The normalized spacial score (nSPS) is 15.1. The van der Waals surface area contributed by atoms with Gasteiger partial charge in [-0.05, 0) is 47.2 Å². The predicted octanol–water partition coefficient (Wildman–Crippen LogP) is 1.65. The third-order valence-electron chi connectivity index (χ3n) is 3.33. The molecule has 0 rings (SSSR count). The van der Waals surface area contributed by atoms with Gasteiger partial charge in [0.15, 0.2) is 0 Å². The van der Waals surface area contributed by atoms with Crippen LogP contribution in [0.25, 0.3) is 0 Å². The first-order chi connectivity index (χ1) is 7.91. The lowest BCUT2D eigenvalue weighted by Crippen LogP contribution is -2.50. The highest BCUT2D eigenvalue weighted by molar-refractivity contribution is 5.80. The third-order valence-corrected chi connectivity index (χ3v) is 3.33. The molecule has 0 bridgehead atoms. The maximum Gasteiger partial charge on any atom is 0.325 e. The predicted molar refractivity (Wildman–Crippen MR) is 71.1 cm³/mol. The molecule has 0 saturated heterocycles. The number of methoxy groups -OCH3 is 1. The van der Waals surface area contributed by atoms with E-state index < -0.39 is 5.54 Å². The Morgan fingerprint density at radius 1 is 1.41 bits per heavy atom. The van der Waals surface area contributed by atoms with E-state index in [0.29, 0.717) is 6.04 Å². The molecule has 4 nitrogen and oxygen atoms in total. The SMILES string of the molecule is CCCN(CCC(C)(NC)C(=O)OC)C(C)C. The quantitative estimate of drug-likeness (QED) is 0.659. The van der Waals surface area contributed by atoms with Crippen LogP contribution in [0.4, 0.5) is 0 Å². The number of hydrogen-bond acceptors (Lipinski definition) is 4. The van der Waals surface area contributed by atoms with E-state index in [4.69, 9.17) is 4.74 Å². The molecule has 0 radical (unpaired) electrons. The van der Waals surface area contributed by atoms with Crippen LogP contribution >= 0.6 is 0 Å². The van der Waals surface area contributed by atoms with Crippen molar-refractivity contribution in [3.05, 3.63) is 0 Å². The van der Waals surface area contributed by atoms with E-state index in [-0.39, 0.29) is 5.97 Å². The highest BCUT2D eigenvalue weighted by Gasteiger charge is 2.32. The minimum Gasteiger partial charge on any atom is -0.468 e. The number of nitrogens with one attached hydrogen (secondary N) is 1. The first-order valence-electron chi connectivity index (χ1n) is 6.42. The van der Waals surface area contributed by atoms with Crippen LogP contribution in [0.5, 0.6) is 0 Å². The topological polar surface area (TPSA) is 41.6 Å². The lowest BCUT2D eigenvalue weighted by Gasteiger charge is -2.32. The number of carbonyl (C=O) groups is 1. The Kier molecular flexibility index (Phi) is 7.39. The molecule has 17 heavy (non-hydrogen) atoms. The van der Waals surface area contributed by atoms with Gasteiger partial charge in [0.05, 0.1) is 7.11 Å². The molecule has 0 amide bonds. The molecule has 0 aliphatic rings.